The molecule has 2 aromatic rings. The van der Waals surface area contributed by atoms with Crippen LogP contribution < -0.4 is 5.32 Å². The highest BCUT2D eigenvalue weighted by Crippen LogP contribution is 2.20. The van der Waals surface area contributed by atoms with Gasteiger partial charge in [0, 0.05) is 31.6 Å². The SMILES string of the molecule is CC(O)(CNC(=O)c1cc2cc(F)ccc2o1)CN1CCOCC1. The number of carbonyl (C=O) groups is 1. The van der Waals surface area contributed by atoms with Crippen molar-refractivity contribution < 1.29 is 23.4 Å². The number of amides is 1. The summed E-state index contributed by atoms with van der Waals surface area (Å²) in [4.78, 5) is 14.3. The molecule has 1 aliphatic heterocycles. The van der Waals surface area contributed by atoms with Gasteiger partial charge in [-0.05, 0) is 31.2 Å². The maximum absolute atomic E-state index is 13.2. The van der Waals surface area contributed by atoms with E-state index in [9.17, 15) is 14.3 Å². The van der Waals surface area contributed by atoms with Crippen LogP contribution in [-0.4, -0.2) is 60.9 Å². The molecule has 6 nitrogen and oxygen atoms in total. The lowest BCUT2D eigenvalue weighted by molar-refractivity contribution is -0.0213. The summed E-state index contributed by atoms with van der Waals surface area (Å²) in [5.41, 5.74) is -0.618. The lowest BCUT2D eigenvalue weighted by Gasteiger charge is -2.33. The van der Waals surface area contributed by atoms with Crippen molar-refractivity contribution in [1.82, 2.24) is 10.2 Å². The van der Waals surface area contributed by atoms with Crippen LogP contribution in [0.2, 0.25) is 0 Å². The van der Waals surface area contributed by atoms with Crippen LogP contribution in [0, 0.1) is 5.82 Å². The highest BCUT2D eigenvalue weighted by atomic mass is 19.1. The second-order valence-electron chi connectivity index (χ2n) is 6.36. The summed E-state index contributed by atoms with van der Waals surface area (Å²) in [5.74, 6) is -0.727. The van der Waals surface area contributed by atoms with Crippen LogP contribution in [0.3, 0.4) is 0 Å². The van der Waals surface area contributed by atoms with Crippen LogP contribution in [0.25, 0.3) is 11.0 Å². The third-order valence-electron chi connectivity index (χ3n) is 4.00. The molecule has 1 aliphatic rings. The van der Waals surface area contributed by atoms with Crippen LogP contribution in [0.15, 0.2) is 28.7 Å². The Labute approximate surface area is 139 Å². The van der Waals surface area contributed by atoms with E-state index in [0.717, 1.165) is 13.1 Å². The maximum atomic E-state index is 13.2. The molecule has 1 amide bonds. The number of morpholine rings is 1. The van der Waals surface area contributed by atoms with Gasteiger partial charge < -0.3 is 19.6 Å². The number of nitrogens with zero attached hydrogens (tertiary/aromatic N) is 1. The molecule has 1 atom stereocenters. The second-order valence-corrected chi connectivity index (χ2v) is 6.36. The van der Waals surface area contributed by atoms with Gasteiger partial charge in [0.2, 0.25) is 0 Å². The fourth-order valence-electron chi connectivity index (χ4n) is 2.78. The molecule has 1 saturated heterocycles. The molecule has 2 N–H and O–H groups in total. The van der Waals surface area contributed by atoms with Gasteiger partial charge in [-0.2, -0.15) is 0 Å². The first-order chi connectivity index (χ1) is 11.4. The van der Waals surface area contributed by atoms with Crippen LogP contribution in [0.4, 0.5) is 4.39 Å². The molecule has 0 radical (unpaired) electrons. The normalized spacial score (nSPS) is 18.5. The number of halogens is 1. The minimum atomic E-state index is -1.06. The van der Waals surface area contributed by atoms with Crippen molar-refractivity contribution >= 4 is 16.9 Å². The molecule has 3 rings (SSSR count). The van der Waals surface area contributed by atoms with Crippen molar-refractivity contribution in [2.75, 3.05) is 39.4 Å². The third kappa shape index (κ3) is 4.11. The predicted octanol–water partition coefficient (Wildman–Crippen LogP) is 1.38. The molecule has 1 aromatic carbocycles. The Bertz CT molecular complexity index is 722. The van der Waals surface area contributed by atoms with Crippen molar-refractivity contribution in [1.29, 1.82) is 0 Å². The van der Waals surface area contributed by atoms with Crippen molar-refractivity contribution in [3.8, 4) is 0 Å². The van der Waals surface area contributed by atoms with Gasteiger partial charge in [0.05, 0.1) is 18.8 Å². The number of ether oxygens (including phenoxy) is 1. The Hall–Kier alpha value is -1.96. The van der Waals surface area contributed by atoms with Crippen molar-refractivity contribution in [2.45, 2.75) is 12.5 Å². The topological polar surface area (TPSA) is 74.9 Å². The molecule has 1 unspecified atom stereocenters. The lowest BCUT2D eigenvalue weighted by atomic mass is 10.1. The molecule has 0 spiro atoms. The highest BCUT2D eigenvalue weighted by Gasteiger charge is 2.26. The number of benzene rings is 1. The summed E-state index contributed by atoms with van der Waals surface area (Å²) in [6, 6.07) is 5.56. The molecule has 0 aliphatic carbocycles. The average molecular weight is 336 g/mol. The first-order valence-corrected chi connectivity index (χ1v) is 7.93. The van der Waals surface area contributed by atoms with E-state index in [1.165, 1.54) is 24.3 Å². The smallest absolute Gasteiger partial charge is 0.287 e. The van der Waals surface area contributed by atoms with Gasteiger partial charge in [0.1, 0.15) is 11.4 Å². The van der Waals surface area contributed by atoms with Crippen molar-refractivity contribution in [2.24, 2.45) is 0 Å². The zero-order valence-electron chi connectivity index (χ0n) is 13.5. The standard InChI is InChI=1S/C17H21FN2O4/c1-17(22,11-20-4-6-23-7-5-20)10-19-16(21)15-9-12-8-13(18)2-3-14(12)24-15/h2-3,8-9,22H,4-7,10-11H2,1H3,(H,19,21). The molecular weight excluding hydrogens is 315 g/mol. The summed E-state index contributed by atoms with van der Waals surface area (Å²) in [6.45, 7) is 5.04. The Morgan fingerprint density at radius 1 is 1.38 bits per heavy atom. The Morgan fingerprint density at radius 2 is 2.12 bits per heavy atom. The van der Waals surface area contributed by atoms with Gasteiger partial charge in [0.15, 0.2) is 5.76 Å². The maximum Gasteiger partial charge on any atom is 0.287 e. The number of nitrogens with one attached hydrogen (secondary N) is 1. The number of fused-ring (bicyclic) bond motifs is 1. The third-order valence-corrected chi connectivity index (χ3v) is 4.00. The lowest BCUT2D eigenvalue weighted by Crippen LogP contribution is -2.51. The average Bonchev–Trinajstić information content (AvgIpc) is 2.96. The molecule has 0 bridgehead atoms. The van der Waals surface area contributed by atoms with Crippen LogP contribution >= 0.6 is 0 Å². The molecule has 1 fully saturated rings. The number of hydrogen-bond acceptors (Lipinski definition) is 5. The van der Waals surface area contributed by atoms with E-state index in [1.807, 2.05) is 0 Å². The molecule has 0 saturated carbocycles. The van der Waals surface area contributed by atoms with E-state index in [1.54, 1.807) is 6.92 Å². The van der Waals surface area contributed by atoms with E-state index in [2.05, 4.69) is 10.2 Å². The van der Waals surface area contributed by atoms with Gasteiger partial charge in [-0.1, -0.05) is 0 Å². The largest absolute Gasteiger partial charge is 0.451 e. The predicted molar refractivity (Wildman–Crippen MR) is 86.4 cm³/mol. The summed E-state index contributed by atoms with van der Waals surface area (Å²) >= 11 is 0. The number of rotatable bonds is 5. The summed E-state index contributed by atoms with van der Waals surface area (Å²) in [7, 11) is 0. The summed E-state index contributed by atoms with van der Waals surface area (Å²) in [6.07, 6.45) is 0. The monoisotopic (exact) mass is 336 g/mol. The minimum Gasteiger partial charge on any atom is -0.451 e. The number of furan rings is 1. The molecule has 130 valence electrons. The molecule has 2 heterocycles. The van der Waals surface area contributed by atoms with Crippen LogP contribution in [0.1, 0.15) is 17.5 Å². The van der Waals surface area contributed by atoms with E-state index >= 15 is 0 Å². The first kappa shape index (κ1) is 16.9. The Balaban J connectivity index is 1.58. The molecular formula is C17H21FN2O4. The van der Waals surface area contributed by atoms with E-state index in [-0.39, 0.29) is 18.1 Å². The zero-order chi connectivity index (χ0) is 17.2. The van der Waals surface area contributed by atoms with Crippen molar-refractivity contribution in [3.63, 3.8) is 0 Å². The van der Waals surface area contributed by atoms with Crippen LogP contribution in [-0.2, 0) is 4.74 Å². The molecule has 1 aromatic heterocycles. The molecule has 7 heteroatoms. The van der Waals surface area contributed by atoms with E-state index < -0.39 is 11.5 Å². The highest BCUT2D eigenvalue weighted by molar-refractivity contribution is 5.96. The zero-order valence-corrected chi connectivity index (χ0v) is 13.5. The summed E-state index contributed by atoms with van der Waals surface area (Å²) in [5, 5.41) is 13.7. The second kappa shape index (κ2) is 6.88. The molecule has 24 heavy (non-hydrogen) atoms. The number of aliphatic hydroxyl groups is 1. The van der Waals surface area contributed by atoms with E-state index in [0.29, 0.717) is 30.7 Å². The van der Waals surface area contributed by atoms with E-state index in [4.69, 9.17) is 9.15 Å². The van der Waals surface area contributed by atoms with Gasteiger partial charge in [0.25, 0.3) is 5.91 Å². The fourth-order valence-corrected chi connectivity index (χ4v) is 2.78. The van der Waals surface area contributed by atoms with Gasteiger partial charge >= 0.3 is 0 Å². The number of carbonyl (C=O) groups excluding carboxylic acids is 1. The number of β-amino-alcohol motifs (C(OH)–C–C–N with tert-alkyl or cyclic N) is 1. The Kier molecular flexibility index (Phi) is 4.84. The summed E-state index contributed by atoms with van der Waals surface area (Å²) < 4.78 is 23.9. The van der Waals surface area contributed by atoms with Gasteiger partial charge in [-0.15, -0.1) is 0 Å². The first-order valence-electron chi connectivity index (χ1n) is 7.93. The minimum absolute atomic E-state index is 0.0919. The van der Waals surface area contributed by atoms with Crippen LogP contribution in [0.5, 0.6) is 0 Å². The number of hydrogen-bond donors (Lipinski definition) is 2. The van der Waals surface area contributed by atoms with Gasteiger partial charge in [-0.25, -0.2) is 4.39 Å². The quantitative estimate of drug-likeness (QED) is 0.863. The Morgan fingerprint density at radius 3 is 2.88 bits per heavy atom. The fraction of sp³-hybridized carbons (Fsp3) is 0.471. The van der Waals surface area contributed by atoms with Crippen molar-refractivity contribution in [3.05, 3.63) is 35.8 Å². The van der Waals surface area contributed by atoms with Gasteiger partial charge in [-0.3, -0.25) is 9.69 Å².